The number of hydrogen-bond donors (Lipinski definition) is 1. The second-order valence-electron chi connectivity index (χ2n) is 6.39. The molecule has 0 radical (unpaired) electrons. The van der Waals surface area contributed by atoms with E-state index >= 15 is 0 Å². The number of carbonyl (C=O) groups excluding carboxylic acids is 1. The van der Waals surface area contributed by atoms with Crippen molar-refractivity contribution in [3.05, 3.63) is 65.2 Å². The minimum atomic E-state index is 0.0368. The molecule has 1 heterocycles. The highest BCUT2D eigenvalue weighted by Crippen LogP contribution is 2.25. The van der Waals surface area contributed by atoms with Gasteiger partial charge in [-0.1, -0.05) is 30.3 Å². The molecular weight excluding hydrogens is 298 g/mol. The summed E-state index contributed by atoms with van der Waals surface area (Å²) >= 11 is 0. The Morgan fingerprint density at radius 3 is 2.42 bits per heavy atom. The van der Waals surface area contributed by atoms with Gasteiger partial charge in [-0.25, -0.2) is 0 Å². The Hall–Kier alpha value is -2.33. The molecule has 2 aromatic rings. The van der Waals surface area contributed by atoms with E-state index in [1.54, 1.807) is 4.90 Å². The molecule has 1 aliphatic heterocycles. The van der Waals surface area contributed by atoms with Crippen LogP contribution in [0.5, 0.6) is 0 Å². The van der Waals surface area contributed by atoms with Gasteiger partial charge in [-0.15, -0.1) is 0 Å². The first-order valence-electron chi connectivity index (χ1n) is 8.56. The monoisotopic (exact) mass is 323 g/mol. The van der Waals surface area contributed by atoms with Crippen molar-refractivity contribution >= 4 is 11.6 Å². The van der Waals surface area contributed by atoms with E-state index in [-0.39, 0.29) is 5.91 Å². The first-order valence-corrected chi connectivity index (χ1v) is 8.56. The molecule has 24 heavy (non-hydrogen) atoms. The molecule has 0 spiro atoms. The average molecular weight is 323 g/mol. The van der Waals surface area contributed by atoms with Crippen LogP contribution in [0.1, 0.15) is 34.3 Å². The van der Waals surface area contributed by atoms with E-state index in [1.807, 2.05) is 37.4 Å². The first kappa shape index (κ1) is 16.5. The summed E-state index contributed by atoms with van der Waals surface area (Å²) in [5.41, 5.74) is 9.81. The number of hydrogen-bond acceptors (Lipinski definition) is 3. The lowest BCUT2D eigenvalue weighted by molar-refractivity contribution is 0.0785. The van der Waals surface area contributed by atoms with Gasteiger partial charge in [-0.3, -0.25) is 4.79 Å². The molecule has 0 bridgehead atoms. The number of nitrogens with two attached hydrogens (primary N) is 1. The molecule has 0 aliphatic carbocycles. The third kappa shape index (κ3) is 3.60. The van der Waals surface area contributed by atoms with E-state index in [0.29, 0.717) is 18.7 Å². The summed E-state index contributed by atoms with van der Waals surface area (Å²) in [6.07, 6.45) is 2.49. The Balaban J connectivity index is 1.74. The molecule has 1 fully saturated rings. The highest BCUT2D eigenvalue weighted by molar-refractivity contribution is 5.94. The molecule has 2 aromatic carbocycles. The second-order valence-corrected chi connectivity index (χ2v) is 6.39. The molecule has 1 aliphatic rings. The van der Waals surface area contributed by atoms with Gasteiger partial charge in [-0.2, -0.15) is 0 Å². The normalized spacial score (nSPS) is 14.0. The fraction of sp³-hybridized carbons (Fsp3) is 0.350. The number of benzene rings is 2. The number of nitrogens with zero attached hydrogens (tertiary/aromatic N) is 2. The zero-order valence-corrected chi connectivity index (χ0v) is 14.2. The van der Waals surface area contributed by atoms with Gasteiger partial charge in [0.2, 0.25) is 0 Å². The third-order valence-electron chi connectivity index (χ3n) is 4.63. The average Bonchev–Trinajstić information content (AvgIpc) is 3.16. The van der Waals surface area contributed by atoms with E-state index < -0.39 is 0 Å². The summed E-state index contributed by atoms with van der Waals surface area (Å²) in [4.78, 5) is 16.9. The van der Waals surface area contributed by atoms with Crippen molar-refractivity contribution in [2.45, 2.75) is 25.9 Å². The quantitative estimate of drug-likeness (QED) is 0.920. The van der Waals surface area contributed by atoms with Crippen LogP contribution < -0.4 is 10.6 Å². The van der Waals surface area contributed by atoms with Crippen LogP contribution in [-0.2, 0) is 13.1 Å². The Labute approximate surface area is 143 Å². The number of para-hydroxylation sites is 1. The standard InChI is InChI=1S/C20H25N3O/c1-22(20(24)17-10-8-16(14-21)9-11-17)15-18-6-2-3-7-19(18)23-12-4-5-13-23/h2-3,6-11H,4-5,12-15,21H2,1H3. The predicted octanol–water partition coefficient (Wildman–Crippen LogP) is 3.02. The topological polar surface area (TPSA) is 49.6 Å². The van der Waals surface area contributed by atoms with Crippen LogP contribution >= 0.6 is 0 Å². The number of anilines is 1. The fourth-order valence-corrected chi connectivity index (χ4v) is 3.24. The lowest BCUT2D eigenvalue weighted by atomic mass is 10.1. The molecule has 0 aromatic heterocycles. The van der Waals surface area contributed by atoms with Crippen molar-refractivity contribution in [1.82, 2.24) is 4.90 Å². The molecule has 0 unspecified atom stereocenters. The van der Waals surface area contributed by atoms with E-state index in [1.165, 1.54) is 24.1 Å². The van der Waals surface area contributed by atoms with Crippen LogP contribution in [0.4, 0.5) is 5.69 Å². The second kappa shape index (κ2) is 7.49. The van der Waals surface area contributed by atoms with E-state index in [0.717, 1.165) is 18.7 Å². The van der Waals surface area contributed by atoms with Crippen molar-refractivity contribution in [1.29, 1.82) is 0 Å². The zero-order chi connectivity index (χ0) is 16.9. The van der Waals surface area contributed by atoms with Crippen molar-refractivity contribution in [2.75, 3.05) is 25.0 Å². The first-order chi connectivity index (χ1) is 11.7. The number of carbonyl (C=O) groups is 1. The molecule has 0 saturated carbocycles. The van der Waals surface area contributed by atoms with Gasteiger partial charge < -0.3 is 15.5 Å². The molecule has 0 atom stereocenters. The van der Waals surface area contributed by atoms with Gasteiger partial charge in [0.25, 0.3) is 5.91 Å². The van der Waals surface area contributed by atoms with Gasteiger partial charge in [0, 0.05) is 44.5 Å². The molecule has 1 saturated heterocycles. The molecule has 4 heteroatoms. The maximum atomic E-state index is 12.7. The van der Waals surface area contributed by atoms with E-state index in [9.17, 15) is 4.79 Å². The maximum Gasteiger partial charge on any atom is 0.253 e. The Morgan fingerprint density at radius 2 is 1.75 bits per heavy atom. The van der Waals surface area contributed by atoms with Crippen LogP contribution in [-0.4, -0.2) is 30.9 Å². The van der Waals surface area contributed by atoms with Crippen molar-refractivity contribution in [3.8, 4) is 0 Å². The molecule has 126 valence electrons. The van der Waals surface area contributed by atoms with Crippen LogP contribution in [0.25, 0.3) is 0 Å². The van der Waals surface area contributed by atoms with Crippen LogP contribution in [0, 0.1) is 0 Å². The largest absolute Gasteiger partial charge is 0.371 e. The van der Waals surface area contributed by atoms with E-state index in [2.05, 4.69) is 23.1 Å². The van der Waals surface area contributed by atoms with Crippen LogP contribution in [0.2, 0.25) is 0 Å². The van der Waals surface area contributed by atoms with Gasteiger partial charge in [0.15, 0.2) is 0 Å². The fourth-order valence-electron chi connectivity index (χ4n) is 3.24. The third-order valence-corrected chi connectivity index (χ3v) is 4.63. The highest BCUT2D eigenvalue weighted by atomic mass is 16.2. The lowest BCUT2D eigenvalue weighted by Crippen LogP contribution is -2.28. The minimum absolute atomic E-state index is 0.0368. The molecular formula is C20H25N3O. The van der Waals surface area contributed by atoms with Crippen molar-refractivity contribution < 1.29 is 4.79 Å². The minimum Gasteiger partial charge on any atom is -0.371 e. The van der Waals surface area contributed by atoms with Crippen molar-refractivity contribution in [2.24, 2.45) is 5.73 Å². The number of rotatable bonds is 5. The van der Waals surface area contributed by atoms with Crippen LogP contribution in [0.3, 0.4) is 0 Å². The van der Waals surface area contributed by atoms with Gasteiger partial charge in [0.05, 0.1) is 0 Å². The van der Waals surface area contributed by atoms with Crippen LogP contribution in [0.15, 0.2) is 48.5 Å². The maximum absolute atomic E-state index is 12.7. The van der Waals surface area contributed by atoms with Gasteiger partial charge in [-0.05, 0) is 42.2 Å². The Morgan fingerprint density at radius 1 is 1.08 bits per heavy atom. The zero-order valence-electron chi connectivity index (χ0n) is 14.2. The molecule has 1 amide bonds. The number of amides is 1. The molecule has 2 N–H and O–H groups in total. The SMILES string of the molecule is CN(Cc1ccccc1N1CCCC1)C(=O)c1ccc(CN)cc1. The summed E-state index contributed by atoms with van der Waals surface area (Å²) in [6.45, 7) is 3.32. The summed E-state index contributed by atoms with van der Waals surface area (Å²) in [6, 6.07) is 15.9. The van der Waals surface area contributed by atoms with Gasteiger partial charge in [0.1, 0.15) is 0 Å². The lowest BCUT2D eigenvalue weighted by Gasteiger charge is -2.24. The summed E-state index contributed by atoms with van der Waals surface area (Å²) in [5.74, 6) is 0.0368. The summed E-state index contributed by atoms with van der Waals surface area (Å²) in [5, 5.41) is 0. The summed E-state index contributed by atoms with van der Waals surface area (Å²) < 4.78 is 0. The highest BCUT2D eigenvalue weighted by Gasteiger charge is 2.18. The molecule has 4 nitrogen and oxygen atoms in total. The molecule has 3 rings (SSSR count). The van der Waals surface area contributed by atoms with E-state index in [4.69, 9.17) is 5.73 Å². The predicted molar refractivity (Wildman–Crippen MR) is 98.0 cm³/mol. The summed E-state index contributed by atoms with van der Waals surface area (Å²) in [7, 11) is 1.86. The Bertz CT molecular complexity index is 690. The Kier molecular flexibility index (Phi) is 5.16. The smallest absolute Gasteiger partial charge is 0.253 e. The van der Waals surface area contributed by atoms with Crippen molar-refractivity contribution in [3.63, 3.8) is 0 Å². The van der Waals surface area contributed by atoms with Gasteiger partial charge >= 0.3 is 0 Å².